The molecule has 1 heterocycles. The SMILES string of the molecule is COc1ccc(-c2nc(CSCC(=O)NCC3CC3)cs2)cc1. The molecule has 0 bridgehead atoms. The average molecular weight is 348 g/mol. The van der Waals surface area contributed by atoms with E-state index in [-0.39, 0.29) is 5.91 Å². The Bertz CT molecular complexity index is 651. The van der Waals surface area contributed by atoms with E-state index < -0.39 is 0 Å². The lowest BCUT2D eigenvalue weighted by atomic mass is 10.2. The van der Waals surface area contributed by atoms with E-state index in [2.05, 4.69) is 15.7 Å². The largest absolute Gasteiger partial charge is 0.497 e. The zero-order valence-electron chi connectivity index (χ0n) is 13.1. The van der Waals surface area contributed by atoms with Crippen LogP contribution in [0, 0.1) is 5.92 Å². The standard InChI is InChI=1S/C17H20N2O2S2/c1-21-15-6-4-13(5-7-15)17-19-14(10-23-17)9-22-11-16(20)18-8-12-2-3-12/h4-7,10,12H,2-3,8-9,11H2,1H3,(H,18,20). The molecule has 4 nitrogen and oxygen atoms in total. The van der Waals surface area contributed by atoms with E-state index in [0.717, 1.165) is 40.2 Å². The number of nitrogens with one attached hydrogen (secondary N) is 1. The maximum Gasteiger partial charge on any atom is 0.230 e. The lowest BCUT2D eigenvalue weighted by Gasteiger charge is -2.03. The van der Waals surface area contributed by atoms with Gasteiger partial charge in [-0.05, 0) is 43.0 Å². The topological polar surface area (TPSA) is 51.2 Å². The molecule has 1 aliphatic carbocycles. The van der Waals surface area contributed by atoms with E-state index in [1.165, 1.54) is 12.8 Å². The van der Waals surface area contributed by atoms with Crippen molar-refractivity contribution in [3.8, 4) is 16.3 Å². The number of rotatable bonds is 8. The van der Waals surface area contributed by atoms with Crippen LogP contribution in [0.15, 0.2) is 29.6 Å². The summed E-state index contributed by atoms with van der Waals surface area (Å²) >= 11 is 3.24. The molecule has 1 saturated carbocycles. The molecular formula is C17H20N2O2S2. The summed E-state index contributed by atoms with van der Waals surface area (Å²) in [7, 11) is 1.66. The highest BCUT2D eigenvalue weighted by Crippen LogP contribution is 2.28. The summed E-state index contributed by atoms with van der Waals surface area (Å²) in [5.41, 5.74) is 2.12. The smallest absolute Gasteiger partial charge is 0.230 e. The Morgan fingerprint density at radius 1 is 1.39 bits per heavy atom. The molecule has 1 aliphatic rings. The van der Waals surface area contributed by atoms with Crippen LogP contribution in [-0.4, -0.2) is 30.3 Å². The highest BCUT2D eigenvalue weighted by atomic mass is 32.2. The van der Waals surface area contributed by atoms with Crippen molar-refractivity contribution < 1.29 is 9.53 Å². The molecule has 0 aliphatic heterocycles. The predicted octanol–water partition coefficient (Wildman–Crippen LogP) is 3.58. The highest BCUT2D eigenvalue weighted by Gasteiger charge is 2.21. The molecule has 0 radical (unpaired) electrons. The number of nitrogens with zero attached hydrogens (tertiary/aromatic N) is 1. The summed E-state index contributed by atoms with van der Waals surface area (Å²) < 4.78 is 5.17. The molecule has 0 atom stereocenters. The first-order valence-corrected chi connectivity index (χ1v) is 9.71. The van der Waals surface area contributed by atoms with Crippen LogP contribution in [0.5, 0.6) is 5.75 Å². The Labute approximate surface area is 144 Å². The average Bonchev–Trinajstić information content (AvgIpc) is 3.30. The second-order valence-corrected chi connectivity index (χ2v) is 7.46. The van der Waals surface area contributed by atoms with Crippen molar-refractivity contribution in [1.29, 1.82) is 0 Å². The Hall–Kier alpha value is -1.53. The first-order valence-electron chi connectivity index (χ1n) is 7.68. The number of amides is 1. The second kappa shape index (κ2) is 7.84. The molecule has 0 unspecified atom stereocenters. The predicted molar refractivity (Wildman–Crippen MR) is 96.0 cm³/mol. The molecule has 6 heteroatoms. The van der Waals surface area contributed by atoms with Crippen molar-refractivity contribution in [3.63, 3.8) is 0 Å². The highest BCUT2D eigenvalue weighted by molar-refractivity contribution is 7.99. The van der Waals surface area contributed by atoms with Gasteiger partial charge < -0.3 is 10.1 Å². The van der Waals surface area contributed by atoms with Gasteiger partial charge in [0.25, 0.3) is 0 Å². The van der Waals surface area contributed by atoms with Gasteiger partial charge in [0.2, 0.25) is 5.91 Å². The number of aromatic nitrogens is 1. The molecule has 2 aromatic rings. The Balaban J connectivity index is 1.45. The third-order valence-electron chi connectivity index (χ3n) is 3.66. The fraction of sp³-hybridized carbons (Fsp3) is 0.412. The van der Waals surface area contributed by atoms with Crippen molar-refractivity contribution in [1.82, 2.24) is 10.3 Å². The number of benzene rings is 1. The monoisotopic (exact) mass is 348 g/mol. The number of ether oxygens (including phenoxy) is 1. The van der Waals surface area contributed by atoms with Gasteiger partial charge in [-0.3, -0.25) is 4.79 Å². The molecule has 23 heavy (non-hydrogen) atoms. The molecule has 1 fully saturated rings. The van der Waals surface area contributed by atoms with Gasteiger partial charge in [-0.15, -0.1) is 23.1 Å². The van der Waals surface area contributed by atoms with Crippen LogP contribution in [-0.2, 0) is 10.5 Å². The Kier molecular flexibility index (Phi) is 5.56. The van der Waals surface area contributed by atoms with E-state index in [1.54, 1.807) is 30.2 Å². The van der Waals surface area contributed by atoms with Crippen LogP contribution in [0.4, 0.5) is 0 Å². The van der Waals surface area contributed by atoms with Gasteiger partial charge in [0.05, 0.1) is 18.6 Å². The minimum atomic E-state index is 0.132. The van der Waals surface area contributed by atoms with Gasteiger partial charge in [0, 0.05) is 23.2 Å². The minimum absolute atomic E-state index is 0.132. The van der Waals surface area contributed by atoms with E-state index in [1.807, 2.05) is 24.3 Å². The summed E-state index contributed by atoms with van der Waals surface area (Å²) in [6.07, 6.45) is 2.53. The zero-order valence-corrected chi connectivity index (χ0v) is 14.7. The fourth-order valence-electron chi connectivity index (χ4n) is 2.12. The van der Waals surface area contributed by atoms with Crippen LogP contribution in [0.25, 0.3) is 10.6 Å². The second-order valence-electron chi connectivity index (χ2n) is 5.61. The molecule has 1 aromatic carbocycles. The lowest BCUT2D eigenvalue weighted by Crippen LogP contribution is -2.27. The van der Waals surface area contributed by atoms with Crippen molar-refractivity contribution in [2.75, 3.05) is 19.4 Å². The summed E-state index contributed by atoms with van der Waals surface area (Å²) in [6.45, 7) is 0.845. The molecule has 0 spiro atoms. The van der Waals surface area contributed by atoms with E-state index in [0.29, 0.717) is 5.75 Å². The normalized spacial score (nSPS) is 13.8. The first kappa shape index (κ1) is 16.3. The number of hydrogen-bond acceptors (Lipinski definition) is 5. The fourth-order valence-corrected chi connectivity index (χ4v) is 3.80. The van der Waals surface area contributed by atoms with Crippen molar-refractivity contribution in [2.24, 2.45) is 5.92 Å². The summed E-state index contributed by atoms with van der Waals surface area (Å²) in [6, 6.07) is 7.91. The zero-order chi connectivity index (χ0) is 16.1. The van der Waals surface area contributed by atoms with Crippen LogP contribution in [0.1, 0.15) is 18.5 Å². The van der Waals surface area contributed by atoms with Crippen molar-refractivity contribution >= 4 is 29.0 Å². The third kappa shape index (κ3) is 4.97. The van der Waals surface area contributed by atoms with E-state index >= 15 is 0 Å². The number of hydrogen-bond donors (Lipinski definition) is 1. The Morgan fingerprint density at radius 2 is 2.17 bits per heavy atom. The number of thioether (sulfide) groups is 1. The van der Waals surface area contributed by atoms with Crippen LogP contribution in [0.2, 0.25) is 0 Å². The first-order chi connectivity index (χ1) is 11.2. The minimum Gasteiger partial charge on any atom is -0.497 e. The Morgan fingerprint density at radius 3 is 2.87 bits per heavy atom. The quantitative estimate of drug-likeness (QED) is 0.792. The number of methoxy groups -OCH3 is 1. The molecule has 3 rings (SSSR count). The number of carbonyl (C=O) groups is 1. The van der Waals surface area contributed by atoms with Gasteiger partial charge in [0.15, 0.2) is 0 Å². The lowest BCUT2D eigenvalue weighted by molar-refractivity contribution is -0.118. The van der Waals surface area contributed by atoms with Crippen molar-refractivity contribution in [2.45, 2.75) is 18.6 Å². The number of carbonyl (C=O) groups excluding carboxylic acids is 1. The number of thiazole rings is 1. The summed E-state index contributed by atoms with van der Waals surface area (Å²) in [4.78, 5) is 16.3. The molecule has 0 saturated heterocycles. The third-order valence-corrected chi connectivity index (χ3v) is 5.56. The van der Waals surface area contributed by atoms with Crippen LogP contribution in [0.3, 0.4) is 0 Å². The van der Waals surface area contributed by atoms with Gasteiger partial charge in [-0.1, -0.05) is 0 Å². The maximum absolute atomic E-state index is 11.7. The van der Waals surface area contributed by atoms with Gasteiger partial charge in [-0.2, -0.15) is 0 Å². The van der Waals surface area contributed by atoms with Gasteiger partial charge in [0.1, 0.15) is 10.8 Å². The molecule has 1 aromatic heterocycles. The molecule has 122 valence electrons. The molecule has 1 N–H and O–H groups in total. The van der Waals surface area contributed by atoms with E-state index in [4.69, 9.17) is 4.74 Å². The maximum atomic E-state index is 11.7. The molecule has 1 amide bonds. The van der Waals surface area contributed by atoms with E-state index in [9.17, 15) is 4.79 Å². The van der Waals surface area contributed by atoms with Crippen LogP contribution < -0.4 is 10.1 Å². The van der Waals surface area contributed by atoms with Gasteiger partial charge in [-0.25, -0.2) is 4.98 Å². The van der Waals surface area contributed by atoms with Crippen LogP contribution >= 0.6 is 23.1 Å². The van der Waals surface area contributed by atoms with Crippen molar-refractivity contribution in [3.05, 3.63) is 35.3 Å². The van der Waals surface area contributed by atoms with Gasteiger partial charge >= 0.3 is 0 Å². The summed E-state index contributed by atoms with van der Waals surface area (Å²) in [5.74, 6) is 2.98. The molecular weight excluding hydrogens is 328 g/mol. The summed E-state index contributed by atoms with van der Waals surface area (Å²) in [5, 5.41) is 6.05.